The van der Waals surface area contributed by atoms with Gasteiger partial charge in [0.2, 0.25) is 5.91 Å². The Morgan fingerprint density at radius 3 is 2.58 bits per heavy atom. The molecule has 0 heterocycles. The highest BCUT2D eigenvalue weighted by molar-refractivity contribution is 5.97. The lowest BCUT2D eigenvalue weighted by Crippen LogP contribution is -2.40. The number of carbonyl (C=O) groups excluding carboxylic acids is 2. The van der Waals surface area contributed by atoms with Crippen LogP contribution in [0, 0.1) is 6.92 Å². The summed E-state index contributed by atoms with van der Waals surface area (Å²) in [5.74, 6) is -0.317. The Balaban J connectivity index is 2.91. The van der Waals surface area contributed by atoms with Gasteiger partial charge in [-0.15, -0.1) is 0 Å². The number of hydrogen-bond donors (Lipinski definition) is 2. The van der Waals surface area contributed by atoms with Crippen molar-refractivity contribution >= 4 is 17.5 Å². The molecule has 0 aliphatic carbocycles. The maximum absolute atomic E-state index is 12.4. The molecule has 0 unspecified atom stereocenters. The molecule has 0 aliphatic rings. The van der Waals surface area contributed by atoms with E-state index in [-0.39, 0.29) is 18.4 Å². The van der Waals surface area contributed by atoms with Crippen LogP contribution in [0.1, 0.15) is 29.3 Å². The van der Waals surface area contributed by atoms with Crippen LogP contribution in [0.5, 0.6) is 0 Å². The monoisotopic (exact) mass is 263 g/mol. The minimum absolute atomic E-state index is 0.0760. The molecule has 0 saturated carbocycles. The van der Waals surface area contributed by atoms with Gasteiger partial charge in [0.15, 0.2) is 0 Å². The number of benzene rings is 1. The number of hydrogen-bond acceptors (Lipinski definition) is 3. The van der Waals surface area contributed by atoms with E-state index in [1.807, 2.05) is 13.8 Å². The molecule has 0 spiro atoms. The van der Waals surface area contributed by atoms with E-state index in [2.05, 4.69) is 5.32 Å². The summed E-state index contributed by atoms with van der Waals surface area (Å²) < 4.78 is 0. The Bertz CT molecular complexity index is 472. The van der Waals surface area contributed by atoms with E-state index in [9.17, 15) is 9.59 Å². The molecule has 5 nitrogen and oxygen atoms in total. The Morgan fingerprint density at radius 1 is 1.37 bits per heavy atom. The van der Waals surface area contributed by atoms with Crippen molar-refractivity contribution in [2.45, 2.75) is 20.3 Å². The number of aryl methyl sites for hydroxylation is 1. The van der Waals surface area contributed by atoms with Crippen LogP contribution in [0.3, 0.4) is 0 Å². The number of nitrogens with one attached hydrogen (secondary N) is 1. The highest BCUT2D eigenvalue weighted by Crippen LogP contribution is 2.14. The molecule has 1 aromatic rings. The lowest BCUT2D eigenvalue weighted by atomic mass is 10.1. The molecule has 0 fully saturated rings. The van der Waals surface area contributed by atoms with Crippen molar-refractivity contribution in [1.82, 2.24) is 10.2 Å². The van der Waals surface area contributed by atoms with Gasteiger partial charge in [-0.1, -0.05) is 6.92 Å². The first kappa shape index (κ1) is 15.0. The van der Waals surface area contributed by atoms with E-state index in [1.165, 1.54) is 0 Å². The van der Waals surface area contributed by atoms with Gasteiger partial charge in [-0.3, -0.25) is 9.59 Å². The van der Waals surface area contributed by atoms with Crippen LogP contribution >= 0.6 is 0 Å². The minimum Gasteiger partial charge on any atom is -0.399 e. The molecule has 0 aliphatic heterocycles. The van der Waals surface area contributed by atoms with E-state index in [0.29, 0.717) is 17.8 Å². The second kappa shape index (κ2) is 6.78. The summed E-state index contributed by atoms with van der Waals surface area (Å²) >= 11 is 0. The van der Waals surface area contributed by atoms with E-state index >= 15 is 0 Å². The van der Waals surface area contributed by atoms with Crippen LogP contribution in [0.4, 0.5) is 5.69 Å². The van der Waals surface area contributed by atoms with Crippen molar-refractivity contribution in [2.75, 3.05) is 25.9 Å². The molecule has 5 heteroatoms. The van der Waals surface area contributed by atoms with Gasteiger partial charge in [-0.25, -0.2) is 0 Å². The van der Waals surface area contributed by atoms with Crippen molar-refractivity contribution in [3.8, 4) is 0 Å². The van der Waals surface area contributed by atoms with Crippen molar-refractivity contribution < 1.29 is 9.59 Å². The lowest BCUT2D eigenvalue weighted by Gasteiger charge is -2.21. The molecule has 0 atom stereocenters. The fraction of sp³-hybridized carbons (Fsp3) is 0.429. The van der Waals surface area contributed by atoms with Gasteiger partial charge in [0, 0.05) is 24.8 Å². The van der Waals surface area contributed by atoms with Crippen LogP contribution < -0.4 is 11.1 Å². The average Bonchev–Trinajstić information content (AvgIpc) is 2.40. The molecule has 1 aromatic carbocycles. The number of amides is 2. The van der Waals surface area contributed by atoms with E-state index in [4.69, 9.17) is 5.73 Å². The minimum atomic E-state index is -0.172. The summed E-state index contributed by atoms with van der Waals surface area (Å²) in [6.45, 7) is 4.45. The number of nitrogens with zero attached hydrogens (tertiary/aromatic N) is 1. The number of nitrogens with two attached hydrogens (primary N) is 1. The van der Waals surface area contributed by atoms with Crippen LogP contribution in [0.25, 0.3) is 0 Å². The maximum atomic E-state index is 12.4. The second-order valence-corrected chi connectivity index (χ2v) is 4.47. The normalized spacial score (nSPS) is 10.1. The molecule has 0 bridgehead atoms. The predicted molar refractivity (Wildman–Crippen MR) is 75.9 cm³/mol. The third-order valence-corrected chi connectivity index (χ3v) is 2.91. The van der Waals surface area contributed by atoms with Crippen molar-refractivity contribution in [3.63, 3.8) is 0 Å². The van der Waals surface area contributed by atoms with Gasteiger partial charge < -0.3 is 16.0 Å². The first-order chi connectivity index (χ1) is 8.99. The number of likely N-dealkylation sites (N-methyl/N-ethyl adjacent to an activating group) is 1. The quantitative estimate of drug-likeness (QED) is 0.783. The number of carbonyl (C=O) groups is 2. The average molecular weight is 263 g/mol. The number of rotatable bonds is 5. The van der Waals surface area contributed by atoms with Crippen molar-refractivity contribution in [2.24, 2.45) is 0 Å². The zero-order valence-corrected chi connectivity index (χ0v) is 11.7. The lowest BCUT2D eigenvalue weighted by molar-refractivity contribution is -0.121. The Morgan fingerprint density at radius 2 is 2.05 bits per heavy atom. The van der Waals surface area contributed by atoms with Gasteiger partial charge in [-0.2, -0.15) is 0 Å². The first-order valence-corrected chi connectivity index (χ1v) is 6.35. The number of nitrogen functional groups attached to an aromatic ring is 1. The van der Waals surface area contributed by atoms with Crippen molar-refractivity contribution in [1.29, 1.82) is 0 Å². The smallest absolute Gasteiger partial charge is 0.254 e. The van der Waals surface area contributed by atoms with Gasteiger partial charge in [-0.05, 0) is 37.1 Å². The Kier molecular flexibility index (Phi) is 5.36. The molecule has 19 heavy (non-hydrogen) atoms. The summed E-state index contributed by atoms with van der Waals surface area (Å²) in [6.07, 6.45) is 0.802. The summed E-state index contributed by atoms with van der Waals surface area (Å²) in [4.78, 5) is 25.3. The first-order valence-electron chi connectivity index (χ1n) is 6.35. The zero-order chi connectivity index (χ0) is 14.4. The van der Waals surface area contributed by atoms with Crippen LogP contribution in [-0.4, -0.2) is 36.9 Å². The van der Waals surface area contributed by atoms with Gasteiger partial charge in [0.25, 0.3) is 5.91 Å². The highest BCUT2D eigenvalue weighted by atomic mass is 16.2. The molecule has 0 saturated heterocycles. The second-order valence-electron chi connectivity index (χ2n) is 4.47. The highest BCUT2D eigenvalue weighted by Gasteiger charge is 2.17. The fourth-order valence-electron chi connectivity index (χ4n) is 1.77. The Hall–Kier alpha value is -2.04. The van der Waals surface area contributed by atoms with Gasteiger partial charge in [0.05, 0.1) is 6.54 Å². The Labute approximate surface area is 113 Å². The third-order valence-electron chi connectivity index (χ3n) is 2.91. The molecule has 3 N–H and O–H groups in total. The van der Waals surface area contributed by atoms with Gasteiger partial charge in [0.1, 0.15) is 0 Å². The third kappa shape index (κ3) is 3.98. The summed E-state index contributed by atoms with van der Waals surface area (Å²) in [5, 5.41) is 2.53. The van der Waals surface area contributed by atoms with Crippen LogP contribution in [-0.2, 0) is 4.79 Å². The molecule has 104 valence electrons. The molecular formula is C14H21N3O2. The van der Waals surface area contributed by atoms with Gasteiger partial charge >= 0.3 is 0 Å². The van der Waals surface area contributed by atoms with Crippen LogP contribution in [0.15, 0.2) is 18.2 Å². The van der Waals surface area contributed by atoms with Crippen LogP contribution in [0.2, 0.25) is 0 Å². The maximum Gasteiger partial charge on any atom is 0.254 e. The van der Waals surface area contributed by atoms with E-state index in [0.717, 1.165) is 12.0 Å². The van der Waals surface area contributed by atoms with Crippen molar-refractivity contribution in [3.05, 3.63) is 29.3 Å². The topological polar surface area (TPSA) is 75.4 Å². The summed E-state index contributed by atoms with van der Waals surface area (Å²) in [6, 6.07) is 5.16. The van der Waals surface area contributed by atoms with E-state index in [1.54, 1.807) is 30.1 Å². The fourth-order valence-corrected chi connectivity index (χ4v) is 1.77. The standard InChI is InChI=1S/C14H21N3O2/c1-4-7-17(9-13(18)16-3)14(19)11-5-6-12(15)10(2)8-11/h5-6,8H,4,7,9,15H2,1-3H3,(H,16,18). The number of anilines is 1. The molecule has 2 amide bonds. The molecule has 0 radical (unpaired) electrons. The van der Waals surface area contributed by atoms with E-state index < -0.39 is 0 Å². The zero-order valence-electron chi connectivity index (χ0n) is 11.7. The summed E-state index contributed by atoms with van der Waals surface area (Å²) in [5.41, 5.74) is 7.82. The summed E-state index contributed by atoms with van der Waals surface area (Å²) in [7, 11) is 1.56. The largest absolute Gasteiger partial charge is 0.399 e. The molecule has 0 aromatic heterocycles. The molecule has 1 rings (SSSR count). The predicted octanol–water partition coefficient (Wildman–Crippen LogP) is 1.18. The SMILES string of the molecule is CCCN(CC(=O)NC)C(=O)c1ccc(N)c(C)c1. The molecular weight excluding hydrogens is 242 g/mol.